The Morgan fingerprint density at radius 1 is 0.226 bits per heavy atom. The maximum absolute atomic E-state index is 2.68. The van der Waals surface area contributed by atoms with E-state index in [0.29, 0.717) is 0 Å². The highest BCUT2D eigenvalue weighted by Crippen LogP contribution is 2.42. The maximum Gasteiger partial charge on any atom is 0.179 e. The van der Waals surface area contributed by atoms with Crippen molar-refractivity contribution < 1.29 is 0 Å². The van der Waals surface area contributed by atoms with Crippen molar-refractivity contribution >= 4 is 45.9 Å². The Balaban J connectivity index is 1.08. The Kier molecular flexibility index (Phi) is 10.8. The molecule has 10 aromatic rings. The molecular formula is C60H45NSi. The summed E-state index contributed by atoms with van der Waals surface area (Å²) < 4.78 is 0. The van der Waals surface area contributed by atoms with Crippen LogP contribution in [0.15, 0.2) is 273 Å². The van der Waals surface area contributed by atoms with Crippen LogP contribution in [0.4, 0.5) is 17.1 Å². The SMILES string of the molecule is c1ccc(-c2ccccc2-c2ccc(N(c3ccc(-c4cccc([Si](c5ccccc5)(c5ccccc5)c5ccccc5)c4)cc3)c3ccccc3-c3ccccc3)cc2)cc1. The first kappa shape index (κ1) is 38.4. The summed E-state index contributed by atoms with van der Waals surface area (Å²) in [7, 11) is -2.68. The average Bonchev–Trinajstić information content (AvgIpc) is 3.37. The second-order valence-corrected chi connectivity index (χ2v) is 19.5. The molecule has 0 heterocycles. The Morgan fingerprint density at radius 2 is 0.565 bits per heavy atom. The fourth-order valence-corrected chi connectivity index (χ4v) is 13.9. The third-order valence-electron chi connectivity index (χ3n) is 12.1. The number of nitrogens with zero attached hydrogens (tertiary/aromatic N) is 1. The van der Waals surface area contributed by atoms with Gasteiger partial charge in [-0.25, -0.2) is 0 Å². The van der Waals surface area contributed by atoms with Crippen LogP contribution in [0.3, 0.4) is 0 Å². The fourth-order valence-electron chi connectivity index (χ4n) is 9.15. The van der Waals surface area contributed by atoms with Crippen molar-refractivity contribution in [2.24, 2.45) is 0 Å². The molecule has 0 aliphatic carbocycles. The highest BCUT2D eigenvalue weighted by molar-refractivity contribution is 7.19. The first-order valence-corrected chi connectivity index (χ1v) is 23.3. The third kappa shape index (κ3) is 7.38. The van der Waals surface area contributed by atoms with E-state index in [4.69, 9.17) is 0 Å². The molecule has 0 bridgehead atoms. The van der Waals surface area contributed by atoms with Gasteiger partial charge in [-0.05, 0) is 90.0 Å². The van der Waals surface area contributed by atoms with Gasteiger partial charge in [0.1, 0.15) is 0 Å². The molecular weight excluding hydrogens is 763 g/mol. The number of benzene rings is 10. The van der Waals surface area contributed by atoms with E-state index in [-0.39, 0.29) is 0 Å². The van der Waals surface area contributed by atoms with Crippen molar-refractivity contribution in [1.29, 1.82) is 0 Å². The smallest absolute Gasteiger partial charge is 0.179 e. The normalized spacial score (nSPS) is 11.2. The molecule has 0 amide bonds. The highest BCUT2D eigenvalue weighted by Gasteiger charge is 2.41. The number of rotatable bonds is 11. The molecule has 0 atom stereocenters. The standard InChI is InChI=1S/C60H45NSi/c1-6-21-47(22-7-1)57-33-16-17-34-58(57)49-39-43-52(44-40-49)61(60-36-19-18-35-59(60)48-23-8-2-9-24-48)51-41-37-46(38-42-51)50-25-20-32-56(45-50)62(53-26-10-3-11-27-53,54-28-12-4-13-29-54)55-30-14-5-15-31-55/h1-45H. The van der Waals surface area contributed by atoms with Crippen molar-refractivity contribution in [1.82, 2.24) is 0 Å². The number of hydrogen-bond donors (Lipinski definition) is 0. The summed E-state index contributed by atoms with van der Waals surface area (Å²) in [5.74, 6) is 0. The lowest BCUT2D eigenvalue weighted by molar-refractivity contribution is 1.28. The molecule has 0 saturated heterocycles. The third-order valence-corrected chi connectivity index (χ3v) is 16.8. The lowest BCUT2D eigenvalue weighted by atomic mass is 9.94. The van der Waals surface area contributed by atoms with E-state index in [9.17, 15) is 0 Å². The van der Waals surface area contributed by atoms with Crippen LogP contribution in [0.25, 0.3) is 44.5 Å². The van der Waals surface area contributed by atoms with Gasteiger partial charge in [0.2, 0.25) is 0 Å². The lowest BCUT2D eigenvalue weighted by Crippen LogP contribution is -2.74. The number of hydrogen-bond acceptors (Lipinski definition) is 1. The van der Waals surface area contributed by atoms with Gasteiger partial charge in [0.05, 0.1) is 5.69 Å². The average molecular weight is 808 g/mol. The van der Waals surface area contributed by atoms with Gasteiger partial charge in [0, 0.05) is 16.9 Å². The van der Waals surface area contributed by atoms with Crippen LogP contribution in [-0.4, -0.2) is 8.07 Å². The predicted molar refractivity (Wildman–Crippen MR) is 266 cm³/mol. The van der Waals surface area contributed by atoms with Gasteiger partial charge >= 0.3 is 0 Å². The van der Waals surface area contributed by atoms with Crippen molar-refractivity contribution in [3.8, 4) is 44.5 Å². The Labute approximate surface area is 366 Å². The molecule has 294 valence electrons. The van der Waals surface area contributed by atoms with E-state index in [1.54, 1.807) is 0 Å². The molecule has 2 heteroatoms. The fraction of sp³-hybridized carbons (Fsp3) is 0. The zero-order chi connectivity index (χ0) is 41.6. The van der Waals surface area contributed by atoms with Gasteiger partial charge in [-0.3, -0.25) is 0 Å². The summed E-state index contributed by atoms with van der Waals surface area (Å²) >= 11 is 0. The quantitative estimate of drug-likeness (QED) is 0.0929. The van der Waals surface area contributed by atoms with E-state index in [1.165, 1.54) is 65.3 Å². The van der Waals surface area contributed by atoms with Crippen molar-refractivity contribution in [2.75, 3.05) is 4.90 Å². The molecule has 0 spiro atoms. The molecule has 0 fully saturated rings. The summed E-state index contributed by atoms with van der Waals surface area (Å²) in [6.45, 7) is 0. The second-order valence-electron chi connectivity index (χ2n) is 15.7. The van der Waals surface area contributed by atoms with Gasteiger partial charge < -0.3 is 4.90 Å². The zero-order valence-corrected chi connectivity index (χ0v) is 35.4. The summed E-state index contributed by atoms with van der Waals surface area (Å²) in [6, 6.07) is 99.7. The minimum Gasteiger partial charge on any atom is -0.310 e. The summed E-state index contributed by atoms with van der Waals surface area (Å²) in [5.41, 5.74) is 12.9. The molecule has 0 saturated carbocycles. The minimum absolute atomic E-state index is 1.09. The van der Waals surface area contributed by atoms with E-state index in [2.05, 4.69) is 278 Å². The molecule has 0 aliphatic heterocycles. The van der Waals surface area contributed by atoms with Crippen LogP contribution in [0.2, 0.25) is 0 Å². The van der Waals surface area contributed by atoms with Gasteiger partial charge in [0.25, 0.3) is 0 Å². The predicted octanol–water partition coefficient (Wildman–Crippen LogP) is 13.2. The van der Waals surface area contributed by atoms with Gasteiger partial charge in [0.15, 0.2) is 8.07 Å². The number of anilines is 3. The summed E-state index contributed by atoms with van der Waals surface area (Å²) in [6.07, 6.45) is 0. The first-order valence-electron chi connectivity index (χ1n) is 21.3. The molecule has 0 radical (unpaired) electrons. The molecule has 10 aromatic carbocycles. The van der Waals surface area contributed by atoms with Crippen molar-refractivity contribution in [3.63, 3.8) is 0 Å². The van der Waals surface area contributed by atoms with Crippen LogP contribution < -0.4 is 25.6 Å². The molecule has 0 aliphatic rings. The Bertz CT molecular complexity index is 2930. The minimum atomic E-state index is -2.68. The van der Waals surface area contributed by atoms with E-state index in [0.717, 1.165) is 17.1 Å². The Hall–Kier alpha value is -7.78. The number of para-hydroxylation sites is 1. The molecule has 0 aromatic heterocycles. The molecule has 1 nitrogen and oxygen atoms in total. The zero-order valence-electron chi connectivity index (χ0n) is 34.4. The van der Waals surface area contributed by atoms with E-state index >= 15 is 0 Å². The maximum atomic E-state index is 2.45. The monoisotopic (exact) mass is 807 g/mol. The summed E-state index contributed by atoms with van der Waals surface area (Å²) in [5, 5.41) is 5.46. The highest BCUT2D eigenvalue weighted by atomic mass is 28.3. The van der Waals surface area contributed by atoms with Crippen molar-refractivity contribution in [3.05, 3.63) is 273 Å². The first-order chi connectivity index (χ1) is 30.8. The molecule has 0 N–H and O–H groups in total. The Morgan fingerprint density at radius 3 is 1.05 bits per heavy atom. The van der Waals surface area contributed by atoms with Crippen LogP contribution in [-0.2, 0) is 0 Å². The molecule has 62 heavy (non-hydrogen) atoms. The van der Waals surface area contributed by atoms with E-state index < -0.39 is 8.07 Å². The van der Waals surface area contributed by atoms with Crippen LogP contribution in [0.1, 0.15) is 0 Å². The lowest BCUT2D eigenvalue weighted by Gasteiger charge is -2.34. The van der Waals surface area contributed by atoms with E-state index in [1.807, 2.05) is 0 Å². The van der Waals surface area contributed by atoms with Gasteiger partial charge in [-0.1, -0.05) is 243 Å². The summed E-state index contributed by atoms with van der Waals surface area (Å²) in [4.78, 5) is 2.40. The molecule has 0 unspecified atom stereocenters. The van der Waals surface area contributed by atoms with Crippen molar-refractivity contribution in [2.45, 2.75) is 0 Å². The van der Waals surface area contributed by atoms with Crippen LogP contribution >= 0.6 is 0 Å². The second kappa shape index (κ2) is 17.4. The van der Waals surface area contributed by atoms with Gasteiger partial charge in [-0.15, -0.1) is 0 Å². The largest absolute Gasteiger partial charge is 0.310 e. The van der Waals surface area contributed by atoms with Crippen LogP contribution in [0.5, 0.6) is 0 Å². The topological polar surface area (TPSA) is 3.24 Å². The van der Waals surface area contributed by atoms with Gasteiger partial charge in [-0.2, -0.15) is 0 Å². The molecule has 10 rings (SSSR count). The van der Waals surface area contributed by atoms with Crippen LogP contribution in [0, 0.1) is 0 Å².